The smallest absolute Gasteiger partial charge is 0.328 e. The van der Waals surface area contributed by atoms with Crippen LogP contribution in [0, 0.1) is 0 Å². The second kappa shape index (κ2) is 4.14. The van der Waals surface area contributed by atoms with Crippen LogP contribution in [0.2, 0.25) is 0 Å². The fourth-order valence-corrected chi connectivity index (χ4v) is 1.45. The number of carboxylic acid groups (broad SMARTS) is 1. The molecule has 2 rings (SSSR count). The van der Waals surface area contributed by atoms with Crippen LogP contribution in [0.25, 0.3) is 5.65 Å². The van der Waals surface area contributed by atoms with Gasteiger partial charge in [0.05, 0.1) is 0 Å². The number of nitrogens with one attached hydrogen (secondary N) is 1. The topological polar surface area (TPSA) is 83.7 Å². The van der Waals surface area contributed by atoms with Gasteiger partial charge in [-0.05, 0) is 26.0 Å². The summed E-state index contributed by atoms with van der Waals surface area (Å²) in [7, 11) is 0. The fourth-order valence-electron chi connectivity index (χ4n) is 1.45. The normalized spacial score (nSPS) is 11.4. The number of imidazole rings is 1. The number of carboxylic acids is 1. The molecule has 0 spiro atoms. The van der Waals surface area contributed by atoms with E-state index in [2.05, 4.69) is 10.3 Å². The highest BCUT2D eigenvalue weighted by Crippen LogP contribution is 2.07. The van der Waals surface area contributed by atoms with Gasteiger partial charge in [-0.15, -0.1) is 0 Å². The number of carbonyl (C=O) groups excluding carboxylic acids is 1. The highest BCUT2D eigenvalue weighted by molar-refractivity contribution is 5.96. The molecule has 2 heterocycles. The van der Waals surface area contributed by atoms with Crippen LogP contribution in [0.5, 0.6) is 0 Å². The molecule has 0 aromatic carbocycles. The minimum atomic E-state index is -1.33. The first-order valence-corrected chi connectivity index (χ1v) is 5.40. The Balaban J connectivity index is 2.26. The van der Waals surface area contributed by atoms with Crippen molar-refractivity contribution in [1.29, 1.82) is 0 Å². The lowest BCUT2D eigenvalue weighted by atomic mass is 10.1. The zero-order chi connectivity index (χ0) is 13.3. The molecule has 2 N–H and O–H groups in total. The zero-order valence-corrected chi connectivity index (χ0v) is 10.0. The maximum absolute atomic E-state index is 11.9. The van der Waals surface area contributed by atoms with Crippen molar-refractivity contribution >= 4 is 17.5 Å². The summed E-state index contributed by atoms with van der Waals surface area (Å²) < 4.78 is 1.70. The van der Waals surface area contributed by atoms with Gasteiger partial charge in [0.1, 0.15) is 16.9 Å². The third kappa shape index (κ3) is 2.17. The number of nitrogens with zero attached hydrogens (tertiary/aromatic N) is 2. The minimum Gasteiger partial charge on any atom is -0.480 e. The van der Waals surface area contributed by atoms with Gasteiger partial charge in [0.2, 0.25) is 0 Å². The van der Waals surface area contributed by atoms with Crippen molar-refractivity contribution in [2.75, 3.05) is 0 Å². The Morgan fingerprint density at radius 2 is 2.11 bits per heavy atom. The number of carbonyl (C=O) groups is 2. The molecule has 6 heteroatoms. The van der Waals surface area contributed by atoms with Gasteiger partial charge in [-0.3, -0.25) is 4.79 Å². The molecular formula is C12H13N3O3. The summed E-state index contributed by atoms with van der Waals surface area (Å²) in [5.74, 6) is -1.61. The average Bonchev–Trinajstić information content (AvgIpc) is 2.71. The third-order valence-electron chi connectivity index (χ3n) is 2.56. The summed E-state index contributed by atoms with van der Waals surface area (Å²) in [4.78, 5) is 26.9. The summed E-state index contributed by atoms with van der Waals surface area (Å²) >= 11 is 0. The van der Waals surface area contributed by atoms with Gasteiger partial charge in [0.15, 0.2) is 0 Å². The van der Waals surface area contributed by atoms with Crippen LogP contribution < -0.4 is 5.32 Å². The molecule has 0 fully saturated rings. The molecule has 0 unspecified atom stereocenters. The molecule has 0 saturated heterocycles. The van der Waals surface area contributed by atoms with Crippen molar-refractivity contribution in [1.82, 2.24) is 14.7 Å². The first-order valence-electron chi connectivity index (χ1n) is 5.40. The number of hydrogen-bond donors (Lipinski definition) is 2. The first kappa shape index (κ1) is 12.1. The van der Waals surface area contributed by atoms with Crippen molar-refractivity contribution in [3.63, 3.8) is 0 Å². The van der Waals surface area contributed by atoms with Crippen LogP contribution in [-0.4, -0.2) is 31.9 Å². The van der Waals surface area contributed by atoms with Gasteiger partial charge in [0, 0.05) is 12.4 Å². The van der Waals surface area contributed by atoms with E-state index in [4.69, 9.17) is 5.11 Å². The molecule has 2 aromatic heterocycles. The molecule has 94 valence electrons. The SMILES string of the molecule is CC(C)(NC(=O)c1cn2ccccc2n1)C(=O)O. The largest absolute Gasteiger partial charge is 0.480 e. The van der Waals surface area contributed by atoms with E-state index >= 15 is 0 Å². The molecule has 0 aliphatic carbocycles. The van der Waals surface area contributed by atoms with Crippen LogP contribution in [0.4, 0.5) is 0 Å². The van der Waals surface area contributed by atoms with Crippen molar-refractivity contribution < 1.29 is 14.7 Å². The first-order chi connectivity index (χ1) is 8.40. The van der Waals surface area contributed by atoms with Crippen LogP contribution in [-0.2, 0) is 4.79 Å². The molecule has 0 bridgehead atoms. The molecule has 1 amide bonds. The molecule has 6 nitrogen and oxygen atoms in total. The summed E-state index contributed by atoms with van der Waals surface area (Å²) in [6.45, 7) is 2.84. The van der Waals surface area contributed by atoms with Gasteiger partial charge in [0.25, 0.3) is 5.91 Å². The standard InChI is InChI=1S/C12H13N3O3/c1-12(2,11(17)18)14-10(16)8-7-15-6-4-3-5-9(15)13-8/h3-7H,1-2H3,(H,14,16)(H,17,18). The van der Waals surface area contributed by atoms with E-state index in [9.17, 15) is 9.59 Å². The van der Waals surface area contributed by atoms with Gasteiger partial charge in [-0.2, -0.15) is 0 Å². The third-order valence-corrected chi connectivity index (χ3v) is 2.56. The molecule has 0 aliphatic heterocycles. The Bertz CT molecular complexity index is 583. The van der Waals surface area contributed by atoms with E-state index in [1.165, 1.54) is 13.8 Å². The summed E-state index contributed by atoms with van der Waals surface area (Å²) in [5.41, 5.74) is -0.501. The molecule has 18 heavy (non-hydrogen) atoms. The van der Waals surface area contributed by atoms with Crippen molar-refractivity contribution in [2.45, 2.75) is 19.4 Å². The highest BCUT2D eigenvalue weighted by Gasteiger charge is 2.30. The lowest BCUT2D eigenvalue weighted by molar-refractivity contribution is -0.143. The number of amides is 1. The van der Waals surface area contributed by atoms with Crippen molar-refractivity contribution in [3.8, 4) is 0 Å². The molecule has 2 aromatic rings. The Kier molecular flexibility index (Phi) is 2.78. The van der Waals surface area contributed by atoms with Crippen molar-refractivity contribution in [2.24, 2.45) is 0 Å². The predicted molar refractivity (Wildman–Crippen MR) is 64.4 cm³/mol. The van der Waals surface area contributed by atoms with E-state index in [1.807, 2.05) is 12.1 Å². The van der Waals surface area contributed by atoms with Crippen LogP contribution in [0.3, 0.4) is 0 Å². The number of fused-ring (bicyclic) bond motifs is 1. The zero-order valence-electron chi connectivity index (χ0n) is 10.0. The number of pyridine rings is 1. The maximum Gasteiger partial charge on any atom is 0.328 e. The van der Waals surface area contributed by atoms with Gasteiger partial charge in [-0.25, -0.2) is 9.78 Å². The van der Waals surface area contributed by atoms with Gasteiger partial charge < -0.3 is 14.8 Å². The predicted octanol–water partition coefficient (Wildman–Crippen LogP) is 0.927. The van der Waals surface area contributed by atoms with E-state index in [1.54, 1.807) is 22.9 Å². The quantitative estimate of drug-likeness (QED) is 0.845. The number of aliphatic carboxylic acids is 1. The Labute approximate surface area is 103 Å². The summed E-state index contributed by atoms with van der Waals surface area (Å²) in [6, 6.07) is 5.39. The lowest BCUT2D eigenvalue weighted by Crippen LogP contribution is -2.49. The molecular weight excluding hydrogens is 234 g/mol. The fraction of sp³-hybridized carbons (Fsp3) is 0.250. The molecule has 0 atom stereocenters. The minimum absolute atomic E-state index is 0.190. The van der Waals surface area contributed by atoms with Gasteiger partial charge in [-0.1, -0.05) is 6.07 Å². The van der Waals surface area contributed by atoms with Gasteiger partial charge >= 0.3 is 5.97 Å². The number of aromatic nitrogens is 2. The second-order valence-corrected chi connectivity index (χ2v) is 4.48. The van der Waals surface area contributed by atoms with E-state index in [0.717, 1.165) is 0 Å². The summed E-state index contributed by atoms with van der Waals surface area (Å²) in [6.07, 6.45) is 3.32. The van der Waals surface area contributed by atoms with E-state index in [-0.39, 0.29) is 5.69 Å². The second-order valence-electron chi connectivity index (χ2n) is 4.48. The van der Waals surface area contributed by atoms with Crippen molar-refractivity contribution in [3.05, 3.63) is 36.3 Å². The van der Waals surface area contributed by atoms with Crippen LogP contribution in [0.15, 0.2) is 30.6 Å². The molecule has 0 aliphatic rings. The maximum atomic E-state index is 11.9. The number of rotatable bonds is 3. The van der Waals surface area contributed by atoms with Crippen LogP contribution in [0.1, 0.15) is 24.3 Å². The monoisotopic (exact) mass is 247 g/mol. The Morgan fingerprint density at radius 3 is 2.72 bits per heavy atom. The Hall–Kier alpha value is -2.37. The lowest BCUT2D eigenvalue weighted by Gasteiger charge is -2.19. The van der Waals surface area contributed by atoms with Crippen LogP contribution >= 0.6 is 0 Å². The highest BCUT2D eigenvalue weighted by atomic mass is 16.4. The Morgan fingerprint density at radius 1 is 1.39 bits per heavy atom. The molecule has 0 saturated carbocycles. The van der Waals surface area contributed by atoms with E-state index in [0.29, 0.717) is 5.65 Å². The van der Waals surface area contributed by atoms with E-state index < -0.39 is 17.4 Å². The number of hydrogen-bond acceptors (Lipinski definition) is 3. The summed E-state index contributed by atoms with van der Waals surface area (Å²) in [5, 5.41) is 11.4. The molecule has 0 radical (unpaired) electrons. The average molecular weight is 247 g/mol.